The number of benzene rings is 2. The fourth-order valence-electron chi connectivity index (χ4n) is 4.68. The van der Waals surface area contributed by atoms with Crippen molar-refractivity contribution in [3.05, 3.63) is 71.4 Å². The average molecular weight is 450 g/mol. The van der Waals surface area contributed by atoms with Gasteiger partial charge in [0.15, 0.2) is 0 Å². The Morgan fingerprint density at radius 2 is 1.88 bits per heavy atom. The molecule has 0 radical (unpaired) electrons. The van der Waals surface area contributed by atoms with Gasteiger partial charge in [-0.25, -0.2) is 4.98 Å². The number of H-pyrrole nitrogens is 1. The molecule has 34 heavy (non-hydrogen) atoms. The van der Waals surface area contributed by atoms with Crippen molar-refractivity contribution in [1.82, 2.24) is 15.3 Å². The maximum Gasteiger partial charge on any atom is 0.251 e. The van der Waals surface area contributed by atoms with Crippen molar-refractivity contribution >= 4 is 16.9 Å². The highest BCUT2D eigenvalue weighted by Crippen LogP contribution is 2.34. The van der Waals surface area contributed by atoms with Crippen LogP contribution >= 0.6 is 0 Å². The standard InChI is InChI=1S/C27H22N4O3/c28-14-19-11-16(3-4-25(19)34-20-6-9-33-10-7-20)21-5-8-29-26-23(21)13-24(31-26)17-1-2-18-15-30-27(32)22(18)12-17/h1-5,8,11-13,20H,6-7,9-10,15H2,(H,29,31)(H,30,32). The predicted octanol–water partition coefficient (Wildman–Crippen LogP) is 4.57. The number of carbonyl (C=O) groups excluding carboxylic acids is 1. The van der Waals surface area contributed by atoms with Gasteiger partial charge in [-0.2, -0.15) is 5.26 Å². The highest BCUT2D eigenvalue weighted by Gasteiger charge is 2.20. The lowest BCUT2D eigenvalue weighted by Gasteiger charge is -2.23. The molecule has 2 N–H and O–H groups in total. The Morgan fingerprint density at radius 3 is 2.74 bits per heavy atom. The molecule has 2 aliphatic rings. The molecule has 6 rings (SSSR count). The predicted molar refractivity (Wildman–Crippen MR) is 127 cm³/mol. The minimum atomic E-state index is -0.0427. The monoisotopic (exact) mass is 450 g/mol. The number of fused-ring (bicyclic) bond motifs is 2. The third kappa shape index (κ3) is 3.58. The Kier molecular flexibility index (Phi) is 5.01. The van der Waals surface area contributed by atoms with Crippen molar-refractivity contribution in [1.29, 1.82) is 5.26 Å². The first-order valence-corrected chi connectivity index (χ1v) is 11.4. The van der Waals surface area contributed by atoms with E-state index in [1.807, 2.05) is 48.5 Å². The van der Waals surface area contributed by atoms with Crippen molar-refractivity contribution in [2.24, 2.45) is 0 Å². The number of nitrogens with zero attached hydrogens (tertiary/aromatic N) is 2. The van der Waals surface area contributed by atoms with Crippen LogP contribution in [-0.4, -0.2) is 35.2 Å². The number of rotatable bonds is 4. The average Bonchev–Trinajstić information content (AvgIpc) is 3.48. The first-order valence-electron chi connectivity index (χ1n) is 11.4. The van der Waals surface area contributed by atoms with Gasteiger partial charge in [-0.1, -0.05) is 18.2 Å². The van der Waals surface area contributed by atoms with E-state index >= 15 is 0 Å². The van der Waals surface area contributed by atoms with Gasteiger partial charge in [0.1, 0.15) is 23.6 Å². The molecule has 7 heteroatoms. The first kappa shape index (κ1) is 20.5. The third-order valence-corrected chi connectivity index (χ3v) is 6.51. The molecule has 2 aliphatic heterocycles. The van der Waals surface area contributed by atoms with Crippen molar-refractivity contribution in [2.45, 2.75) is 25.5 Å². The summed E-state index contributed by atoms with van der Waals surface area (Å²) in [5.74, 6) is 0.563. The summed E-state index contributed by atoms with van der Waals surface area (Å²) in [5.41, 5.74) is 6.68. The Morgan fingerprint density at radius 1 is 1.03 bits per heavy atom. The maximum atomic E-state index is 12.1. The Labute approximate surface area is 196 Å². The summed E-state index contributed by atoms with van der Waals surface area (Å²) in [6.07, 6.45) is 3.48. The minimum absolute atomic E-state index is 0.0427. The van der Waals surface area contributed by atoms with Crippen LogP contribution in [0, 0.1) is 11.3 Å². The second-order valence-corrected chi connectivity index (χ2v) is 8.61. The second-order valence-electron chi connectivity index (χ2n) is 8.61. The van der Waals surface area contributed by atoms with Crippen LogP contribution < -0.4 is 10.1 Å². The van der Waals surface area contributed by atoms with Crippen molar-refractivity contribution in [3.8, 4) is 34.2 Å². The quantitative estimate of drug-likeness (QED) is 0.474. The molecule has 168 valence electrons. The van der Waals surface area contributed by atoms with Gasteiger partial charge < -0.3 is 19.8 Å². The SMILES string of the molecule is N#Cc1cc(-c2ccnc3[nH]c(-c4ccc5c(c4)C(=O)NC5)cc23)ccc1OC1CCOCC1. The van der Waals surface area contributed by atoms with E-state index in [1.54, 1.807) is 6.20 Å². The molecule has 0 saturated carbocycles. The number of aromatic amines is 1. The number of amides is 1. The smallest absolute Gasteiger partial charge is 0.251 e. The Bertz CT molecular complexity index is 1460. The number of ether oxygens (including phenoxy) is 2. The highest BCUT2D eigenvalue weighted by atomic mass is 16.5. The number of hydrogen-bond acceptors (Lipinski definition) is 5. The molecular formula is C27H22N4O3. The van der Waals surface area contributed by atoms with E-state index in [2.05, 4.69) is 21.4 Å². The van der Waals surface area contributed by atoms with E-state index in [1.165, 1.54) is 0 Å². The highest BCUT2D eigenvalue weighted by molar-refractivity contribution is 6.00. The number of nitriles is 1. The minimum Gasteiger partial charge on any atom is -0.489 e. The molecule has 2 aromatic heterocycles. The molecule has 0 bridgehead atoms. The molecule has 1 saturated heterocycles. The van der Waals surface area contributed by atoms with Crippen LogP contribution in [0.1, 0.15) is 34.3 Å². The van der Waals surface area contributed by atoms with Gasteiger partial charge in [-0.05, 0) is 52.6 Å². The fraction of sp³-hybridized carbons (Fsp3) is 0.222. The summed E-state index contributed by atoms with van der Waals surface area (Å²) < 4.78 is 11.5. The van der Waals surface area contributed by atoms with Gasteiger partial charge in [-0.3, -0.25) is 4.79 Å². The fourth-order valence-corrected chi connectivity index (χ4v) is 4.68. The van der Waals surface area contributed by atoms with Crippen molar-refractivity contribution < 1.29 is 14.3 Å². The summed E-state index contributed by atoms with van der Waals surface area (Å²) in [7, 11) is 0. The summed E-state index contributed by atoms with van der Waals surface area (Å²) >= 11 is 0. The van der Waals surface area contributed by atoms with Gasteiger partial charge in [0.05, 0.1) is 18.8 Å². The summed E-state index contributed by atoms with van der Waals surface area (Å²) in [6, 6.07) is 17.9. The van der Waals surface area contributed by atoms with Gasteiger partial charge in [0, 0.05) is 42.2 Å². The van der Waals surface area contributed by atoms with E-state index in [0.29, 0.717) is 36.6 Å². The van der Waals surface area contributed by atoms with Crippen LogP contribution in [0.3, 0.4) is 0 Å². The van der Waals surface area contributed by atoms with Crippen LogP contribution in [0.2, 0.25) is 0 Å². The topological polar surface area (TPSA) is 100 Å². The zero-order chi connectivity index (χ0) is 23.1. The van der Waals surface area contributed by atoms with E-state index in [0.717, 1.165) is 51.8 Å². The van der Waals surface area contributed by atoms with E-state index < -0.39 is 0 Å². The molecule has 0 spiro atoms. The number of nitrogens with one attached hydrogen (secondary N) is 2. The molecule has 0 aliphatic carbocycles. The molecule has 4 aromatic rings. The molecule has 0 unspecified atom stereocenters. The lowest BCUT2D eigenvalue weighted by atomic mass is 10.00. The van der Waals surface area contributed by atoms with Gasteiger partial charge in [0.2, 0.25) is 0 Å². The second kappa shape index (κ2) is 8.32. The molecule has 1 fully saturated rings. The van der Waals surface area contributed by atoms with Crippen LogP contribution in [0.15, 0.2) is 54.7 Å². The Hall–Kier alpha value is -4.15. The largest absolute Gasteiger partial charge is 0.489 e. The molecular weight excluding hydrogens is 428 g/mol. The lowest BCUT2D eigenvalue weighted by molar-refractivity contribution is 0.0254. The number of carbonyl (C=O) groups is 1. The van der Waals surface area contributed by atoms with Gasteiger partial charge >= 0.3 is 0 Å². The lowest BCUT2D eigenvalue weighted by Crippen LogP contribution is -2.26. The molecule has 1 amide bonds. The number of hydrogen-bond donors (Lipinski definition) is 2. The van der Waals surface area contributed by atoms with Crippen LogP contribution in [0.25, 0.3) is 33.4 Å². The normalized spacial score (nSPS) is 15.7. The zero-order valence-electron chi connectivity index (χ0n) is 18.4. The van der Waals surface area contributed by atoms with Crippen LogP contribution in [-0.2, 0) is 11.3 Å². The molecule has 7 nitrogen and oxygen atoms in total. The Balaban J connectivity index is 1.36. The third-order valence-electron chi connectivity index (χ3n) is 6.51. The van der Waals surface area contributed by atoms with E-state index in [-0.39, 0.29) is 12.0 Å². The maximum absolute atomic E-state index is 12.1. The van der Waals surface area contributed by atoms with E-state index in [4.69, 9.17) is 9.47 Å². The number of aromatic nitrogens is 2. The van der Waals surface area contributed by atoms with E-state index in [9.17, 15) is 10.1 Å². The number of pyridine rings is 1. The summed E-state index contributed by atoms with van der Waals surface area (Å²) in [5, 5.41) is 13.6. The van der Waals surface area contributed by atoms with Crippen LogP contribution in [0.4, 0.5) is 0 Å². The first-order chi connectivity index (χ1) is 16.7. The summed E-state index contributed by atoms with van der Waals surface area (Å²) in [6.45, 7) is 1.94. The summed E-state index contributed by atoms with van der Waals surface area (Å²) in [4.78, 5) is 20.0. The molecule has 0 atom stereocenters. The zero-order valence-corrected chi connectivity index (χ0v) is 18.4. The van der Waals surface area contributed by atoms with Crippen molar-refractivity contribution in [3.63, 3.8) is 0 Å². The van der Waals surface area contributed by atoms with Gasteiger partial charge in [-0.15, -0.1) is 0 Å². The molecule has 2 aromatic carbocycles. The van der Waals surface area contributed by atoms with Gasteiger partial charge in [0.25, 0.3) is 5.91 Å². The van der Waals surface area contributed by atoms with Crippen molar-refractivity contribution in [2.75, 3.05) is 13.2 Å². The molecule has 4 heterocycles. The van der Waals surface area contributed by atoms with Crippen LogP contribution in [0.5, 0.6) is 5.75 Å².